The molecule has 0 bridgehead atoms. The lowest BCUT2D eigenvalue weighted by Crippen LogP contribution is -2.41. The number of ether oxygens (including phenoxy) is 2. The summed E-state index contributed by atoms with van der Waals surface area (Å²) in [7, 11) is 1.92. The largest absolute Gasteiger partial charge is 0.449 e. The maximum Gasteiger partial charge on any atom is 0.409 e. The maximum atomic E-state index is 13.3. The number of halogens is 1. The van der Waals surface area contributed by atoms with Crippen LogP contribution in [0.15, 0.2) is 49.1 Å². The molecule has 3 heterocycles. The summed E-state index contributed by atoms with van der Waals surface area (Å²) in [6, 6.07) is 9.46. The Morgan fingerprint density at radius 3 is 2.60 bits per heavy atom. The van der Waals surface area contributed by atoms with Gasteiger partial charge in [0.05, 0.1) is 36.6 Å². The molecule has 1 saturated carbocycles. The molecular formula is C35H42ClN5O4. The second-order valence-electron chi connectivity index (χ2n) is 14.1. The fraction of sp³-hybridized carbons (Fsp3) is 0.486. The molecule has 2 unspecified atom stereocenters. The molecule has 1 aromatic carbocycles. The number of aromatic nitrogens is 3. The Bertz CT molecular complexity index is 1610. The molecule has 0 spiro atoms. The number of carbonyl (C=O) groups excluding carboxylic acids is 2. The molecule has 2 aliphatic carbocycles. The van der Waals surface area contributed by atoms with Crippen LogP contribution in [-0.4, -0.2) is 56.9 Å². The first kappa shape index (κ1) is 31.1. The van der Waals surface area contributed by atoms with Gasteiger partial charge in [0.2, 0.25) is 0 Å². The number of imidazole rings is 1. The molecule has 45 heavy (non-hydrogen) atoms. The number of hydrogen-bond donors (Lipinski definition) is 1. The molecule has 3 aromatic rings. The summed E-state index contributed by atoms with van der Waals surface area (Å²) < 4.78 is 13.4. The molecule has 2 aromatic heterocycles. The zero-order chi connectivity index (χ0) is 31.9. The normalized spacial score (nSPS) is 19.8. The molecule has 10 heteroatoms. The lowest BCUT2D eigenvalue weighted by atomic mass is 9.75. The van der Waals surface area contributed by atoms with Gasteiger partial charge in [0.15, 0.2) is 0 Å². The van der Waals surface area contributed by atoms with Crippen molar-refractivity contribution in [3.63, 3.8) is 0 Å². The summed E-state index contributed by atoms with van der Waals surface area (Å²) in [4.78, 5) is 37.3. The number of pyridine rings is 1. The van der Waals surface area contributed by atoms with Gasteiger partial charge in [0, 0.05) is 37.3 Å². The van der Waals surface area contributed by atoms with E-state index in [9.17, 15) is 9.59 Å². The third kappa shape index (κ3) is 6.88. The Balaban J connectivity index is 1.37. The van der Waals surface area contributed by atoms with Crippen LogP contribution in [0.4, 0.5) is 9.59 Å². The smallest absolute Gasteiger partial charge is 0.409 e. The Kier molecular flexibility index (Phi) is 8.41. The molecule has 6 rings (SSSR count). The number of aryl methyl sites for hydroxylation is 1. The number of nitrogens with zero attached hydrogens (tertiary/aromatic N) is 4. The minimum atomic E-state index is -0.559. The van der Waals surface area contributed by atoms with Gasteiger partial charge in [0.1, 0.15) is 5.60 Å². The van der Waals surface area contributed by atoms with Crippen molar-refractivity contribution in [3.05, 3.63) is 82.2 Å². The summed E-state index contributed by atoms with van der Waals surface area (Å²) in [6.07, 6.45) is 10.0. The molecule has 1 aliphatic heterocycles. The SMILES string of the molecule is Cn1cncc1C(NC(=O)OC1(C)CC1)C1=Cc2cccnc2C(C2CCN(C(=O)OCC(C)(C)C)CC2)c2ccc(Cl)cc21. The zero-order valence-corrected chi connectivity index (χ0v) is 27.4. The molecule has 238 valence electrons. The number of piperidine rings is 1. The van der Waals surface area contributed by atoms with Crippen molar-refractivity contribution in [2.45, 2.75) is 70.9 Å². The number of benzene rings is 1. The lowest BCUT2D eigenvalue weighted by molar-refractivity contribution is 0.0609. The number of hydrogen-bond acceptors (Lipinski definition) is 6. The Morgan fingerprint density at radius 1 is 1.18 bits per heavy atom. The van der Waals surface area contributed by atoms with Gasteiger partial charge in [-0.15, -0.1) is 0 Å². The predicted octanol–water partition coefficient (Wildman–Crippen LogP) is 7.37. The number of amides is 2. The molecule has 1 N–H and O–H groups in total. The van der Waals surface area contributed by atoms with E-state index < -0.39 is 17.7 Å². The van der Waals surface area contributed by atoms with Gasteiger partial charge in [-0.3, -0.25) is 4.98 Å². The number of alkyl carbamates (subject to hydrolysis) is 1. The van der Waals surface area contributed by atoms with Crippen LogP contribution in [0.2, 0.25) is 5.02 Å². The summed E-state index contributed by atoms with van der Waals surface area (Å²) in [6.45, 7) is 9.72. The van der Waals surface area contributed by atoms with E-state index in [0.29, 0.717) is 24.7 Å². The van der Waals surface area contributed by atoms with Crippen LogP contribution in [0.1, 0.15) is 93.4 Å². The number of rotatable bonds is 6. The van der Waals surface area contributed by atoms with E-state index in [2.05, 4.69) is 49.3 Å². The topological polar surface area (TPSA) is 98.6 Å². The predicted molar refractivity (Wildman–Crippen MR) is 174 cm³/mol. The quantitative estimate of drug-likeness (QED) is 0.305. The monoisotopic (exact) mass is 631 g/mol. The molecule has 3 aliphatic rings. The van der Waals surface area contributed by atoms with Gasteiger partial charge >= 0.3 is 12.2 Å². The number of carbonyl (C=O) groups is 2. The highest BCUT2D eigenvalue weighted by Crippen LogP contribution is 2.48. The third-order valence-corrected chi connectivity index (χ3v) is 9.29. The van der Waals surface area contributed by atoms with Gasteiger partial charge in [-0.1, -0.05) is 44.5 Å². The molecular weight excluding hydrogens is 590 g/mol. The molecule has 0 radical (unpaired) electrons. The summed E-state index contributed by atoms with van der Waals surface area (Å²) in [5.74, 6) is 0.181. The number of likely N-dealkylation sites (tertiary alicyclic amines) is 1. The van der Waals surface area contributed by atoms with Gasteiger partial charge < -0.3 is 24.3 Å². The molecule has 2 atom stereocenters. The first-order valence-corrected chi connectivity index (χ1v) is 16.1. The van der Waals surface area contributed by atoms with E-state index in [0.717, 1.165) is 59.3 Å². The van der Waals surface area contributed by atoms with Crippen LogP contribution < -0.4 is 5.32 Å². The van der Waals surface area contributed by atoms with Gasteiger partial charge in [-0.25, -0.2) is 14.6 Å². The van der Waals surface area contributed by atoms with Crippen molar-refractivity contribution >= 4 is 35.4 Å². The fourth-order valence-corrected chi connectivity index (χ4v) is 6.53. The molecule has 2 amide bonds. The molecule has 1 saturated heterocycles. The first-order valence-electron chi connectivity index (χ1n) is 15.7. The highest BCUT2D eigenvalue weighted by molar-refractivity contribution is 6.30. The van der Waals surface area contributed by atoms with Crippen molar-refractivity contribution in [2.24, 2.45) is 18.4 Å². The van der Waals surface area contributed by atoms with E-state index in [-0.39, 0.29) is 23.3 Å². The lowest BCUT2D eigenvalue weighted by Gasteiger charge is -2.36. The van der Waals surface area contributed by atoms with Crippen LogP contribution in [0.5, 0.6) is 0 Å². The van der Waals surface area contributed by atoms with E-state index in [1.807, 2.05) is 47.8 Å². The fourth-order valence-electron chi connectivity index (χ4n) is 6.36. The van der Waals surface area contributed by atoms with Gasteiger partial charge in [-0.2, -0.15) is 0 Å². The standard InChI is InChI=1S/C35H42ClN5O4/c1-34(2,3)20-44-33(43)41-15-10-22(11-16-41)29-25-9-8-24(36)18-26(25)27(17-23-7-6-14-38-30(23)29)31(28-19-37-21-40(28)5)39-32(42)45-35(4)12-13-35/h6-9,14,17-19,21-22,29,31H,10-13,15-16,20H2,1-5H3,(H,39,42). The molecule has 9 nitrogen and oxygen atoms in total. The summed E-state index contributed by atoms with van der Waals surface area (Å²) in [5, 5.41) is 3.77. The Labute approximate surface area is 270 Å². The van der Waals surface area contributed by atoms with Crippen LogP contribution in [0, 0.1) is 11.3 Å². The minimum absolute atomic E-state index is 0.0422. The molecule has 2 fully saturated rings. The van der Waals surface area contributed by atoms with Crippen LogP contribution in [-0.2, 0) is 16.5 Å². The minimum Gasteiger partial charge on any atom is -0.449 e. The van der Waals surface area contributed by atoms with E-state index in [4.69, 9.17) is 26.1 Å². The number of fused-ring (bicyclic) bond motifs is 2. The third-order valence-electron chi connectivity index (χ3n) is 9.05. The van der Waals surface area contributed by atoms with Crippen LogP contribution >= 0.6 is 11.6 Å². The van der Waals surface area contributed by atoms with Crippen molar-refractivity contribution in [3.8, 4) is 0 Å². The second-order valence-corrected chi connectivity index (χ2v) is 14.5. The highest BCUT2D eigenvalue weighted by Gasteiger charge is 2.43. The van der Waals surface area contributed by atoms with Crippen molar-refractivity contribution in [2.75, 3.05) is 19.7 Å². The highest BCUT2D eigenvalue weighted by atomic mass is 35.5. The number of nitrogens with one attached hydrogen (secondary N) is 1. The summed E-state index contributed by atoms with van der Waals surface area (Å²) in [5.41, 5.74) is 5.18. The van der Waals surface area contributed by atoms with Crippen molar-refractivity contribution < 1.29 is 19.1 Å². The van der Waals surface area contributed by atoms with E-state index in [1.165, 1.54) is 0 Å². The average molecular weight is 632 g/mol. The van der Waals surface area contributed by atoms with Crippen molar-refractivity contribution in [1.29, 1.82) is 0 Å². The zero-order valence-electron chi connectivity index (χ0n) is 26.7. The van der Waals surface area contributed by atoms with E-state index in [1.54, 1.807) is 12.5 Å². The van der Waals surface area contributed by atoms with Crippen molar-refractivity contribution in [1.82, 2.24) is 24.8 Å². The second kappa shape index (κ2) is 12.2. The van der Waals surface area contributed by atoms with Gasteiger partial charge in [-0.05, 0) is 90.5 Å². The Hall–Kier alpha value is -3.85. The average Bonchev–Trinajstić information content (AvgIpc) is 3.60. The summed E-state index contributed by atoms with van der Waals surface area (Å²) >= 11 is 6.69. The van der Waals surface area contributed by atoms with E-state index >= 15 is 0 Å². The maximum absolute atomic E-state index is 13.3. The van der Waals surface area contributed by atoms with Crippen LogP contribution in [0.25, 0.3) is 11.6 Å². The van der Waals surface area contributed by atoms with Gasteiger partial charge in [0.25, 0.3) is 0 Å². The first-order chi connectivity index (χ1) is 21.4. The Morgan fingerprint density at radius 2 is 1.93 bits per heavy atom. The van der Waals surface area contributed by atoms with Crippen LogP contribution in [0.3, 0.4) is 0 Å².